The Hall–Kier alpha value is -1.64. The molecule has 1 saturated carbocycles. The van der Waals surface area contributed by atoms with Gasteiger partial charge in [0.2, 0.25) is 0 Å². The van der Waals surface area contributed by atoms with E-state index < -0.39 is 0 Å². The summed E-state index contributed by atoms with van der Waals surface area (Å²) in [4.78, 5) is 3.94. The molecule has 0 bridgehead atoms. The zero-order valence-electron chi connectivity index (χ0n) is 15.1. The number of piperazine rings is 1. The van der Waals surface area contributed by atoms with E-state index in [1.807, 2.05) is 12.1 Å². The molecular weight excluding hydrogens is 328 g/mol. The fourth-order valence-corrected chi connectivity index (χ4v) is 4.30. The minimum Gasteiger partial charge on any atom is -0.360 e. The highest BCUT2D eigenvalue weighted by Gasteiger charge is 2.26. The van der Waals surface area contributed by atoms with Crippen LogP contribution in [-0.2, 0) is 6.54 Å². The summed E-state index contributed by atoms with van der Waals surface area (Å²) in [6.45, 7) is 7.65. The molecule has 0 radical (unpaired) electrons. The summed E-state index contributed by atoms with van der Waals surface area (Å²) in [5.41, 5.74) is 2.04. The lowest BCUT2D eigenvalue weighted by Gasteiger charge is -2.37. The van der Waals surface area contributed by atoms with E-state index in [4.69, 9.17) is 17.5 Å². The molecular formula is C20H29N4S+. The van der Waals surface area contributed by atoms with Crippen molar-refractivity contribution in [3.05, 3.63) is 35.4 Å². The first-order valence-corrected chi connectivity index (χ1v) is 9.94. The molecule has 1 aliphatic heterocycles. The predicted molar refractivity (Wildman–Crippen MR) is 104 cm³/mol. The van der Waals surface area contributed by atoms with E-state index in [0.29, 0.717) is 6.04 Å². The van der Waals surface area contributed by atoms with Gasteiger partial charge in [0.05, 0.1) is 37.8 Å². The van der Waals surface area contributed by atoms with E-state index in [0.717, 1.165) is 49.3 Å². The van der Waals surface area contributed by atoms with Crippen LogP contribution in [0.5, 0.6) is 0 Å². The molecule has 1 aromatic carbocycles. The van der Waals surface area contributed by atoms with Gasteiger partial charge >= 0.3 is 0 Å². The first-order valence-electron chi connectivity index (χ1n) is 9.54. The van der Waals surface area contributed by atoms with Crippen molar-refractivity contribution >= 4 is 17.3 Å². The lowest BCUT2D eigenvalue weighted by atomic mass is 9.86. The molecule has 0 unspecified atom stereocenters. The molecule has 2 N–H and O–H groups in total. The fourth-order valence-electron chi connectivity index (χ4n) is 3.97. The Morgan fingerprint density at radius 2 is 1.92 bits per heavy atom. The topological polar surface area (TPSA) is 43.5 Å². The van der Waals surface area contributed by atoms with Crippen molar-refractivity contribution in [2.75, 3.05) is 26.2 Å². The number of hydrogen-bond acceptors (Lipinski definition) is 2. The third kappa shape index (κ3) is 4.93. The summed E-state index contributed by atoms with van der Waals surface area (Å²) in [6.07, 6.45) is 5.27. The second-order valence-corrected chi connectivity index (χ2v) is 7.93. The molecule has 2 fully saturated rings. The van der Waals surface area contributed by atoms with Crippen LogP contribution in [0.4, 0.5) is 0 Å². The number of hydrogen-bond donors (Lipinski definition) is 2. The van der Waals surface area contributed by atoms with Crippen LogP contribution in [-0.4, -0.2) is 42.2 Å². The van der Waals surface area contributed by atoms with Crippen LogP contribution < -0.4 is 10.2 Å². The van der Waals surface area contributed by atoms with E-state index in [1.165, 1.54) is 31.2 Å². The summed E-state index contributed by atoms with van der Waals surface area (Å²) >= 11 is 5.68. The van der Waals surface area contributed by atoms with Crippen LogP contribution in [0.25, 0.3) is 0 Å². The van der Waals surface area contributed by atoms with Gasteiger partial charge in [-0.25, -0.2) is 0 Å². The largest absolute Gasteiger partial charge is 0.360 e. The van der Waals surface area contributed by atoms with Gasteiger partial charge in [-0.15, -0.1) is 0 Å². The number of thiocarbonyl (C=S) groups is 1. The van der Waals surface area contributed by atoms with Gasteiger partial charge in [-0.1, -0.05) is 31.9 Å². The second-order valence-electron chi connectivity index (χ2n) is 7.54. The smallest absolute Gasteiger partial charge is 0.169 e. The Labute approximate surface area is 156 Å². The molecule has 0 spiro atoms. The lowest BCUT2D eigenvalue weighted by Crippen LogP contribution is -3.13. The number of quaternary nitrogens is 1. The molecule has 0 aromatic heterocycles. The summed E-state index contributed by atoms with van der Waals surface area (Å²) in [6, 6.07) is 10.7. The standard InChI is InChI=1S/C20H28N4S/c1-16-4-2-3-5-19(16)22-20(25)24-12-10-23(11-13-24)15-18-8-6-17(14-21)7-9-18/h6-9,16,19H,2-5,10-13,15H2,1H3,(H,22,25)/p+1/t16-,19+/m0/s1. The number of rotatable bonds is 3. The van der Waals surface area contributed by atoms with Gasteiger partial charge in [0.1, 0.15) is 6.54 Å². The minimum absolute atomic E-state index is 0.560. The number of nitrogens with one attached hydrogen (secondary N) is 2. The quantitative estimate of drug-likeness (QED) is 0.809. The van der Waals surface area contributed by atoms with E-state index in [-0.39, 0.29) is 0 Å². The van der Waals surface area contributed by atoms with Gasteiger partial charge in [-0.3, -0.25) is 0 Å². The molecule has 1 heterocycles. The molecule has 2 aliphatic rings. The Bertz CT molecular complexity index is 614. The van der Waals surface area contributed by atoms with Crippen molar-refractivity contribution in [1.29, 1.82) is 5.26 Å². The SMILES string of the molecule is C[C@H]1CCCC[C@H]1NC(=S)N1CC[NH+](Cc2ccc(C#N)cc2)CC1. The molecule has 5 heteroatoms. The first-order chi connectivity index (χ1) is 12.2. The zero-order chi connectivity index (χ0) is 17.6. The molecule has 134 valence electrons. The van der Waals surface area contributed by atoms with E-state index in [9.17, 15) is 0 Å². The number of nitriles is 1. The minimum atomic E-state index is 0.560. The van der Waals surface area contributed by atoms with Crippen LogP contribution in [0.1, 0.15) is 43.7 Å². The number of nitrogens with zero attached hydrogens (tertiary/aromatic N) is 2. The highest BCUT2D eigenvalue weighted by molar-refractivity contribution is 7.80. The van der Waals surface area contributed by atoms with Crippen molar-refractivity contribution in [2.45, 2.75) is 45.2 Å². The van der Waals surface area contributed by atoms with Crippen molar-refractivity contribution < 1.29 is 4.90 Å². The molecule has 2 atom stereocenters. The average molecular weight is 358 g/mol. The Kier molecular flexibility index (Phi) is 6.28. The summed E-state index contributed by atoms with van der Waals surface area (Å²) in [5, 5.41) is 13.5. The molecule has 0 amide bonds. The predicted octanol–water partition coefficient (Wildman–Crippen LogP) is 1.71. The van der Waals surface area contributed by atoms with Crippen molar-refractivity contribution in [3.63, 3.8) is 0 Å². The Morgan fingerprint density at radius 1 is 1.24 bits per heavy atom. The van der Waals surface area contributed by atoms with Crippen LogP contribution in [0.2, 0.25) is 0 Å². The van der Waals surface area contributed by atoms with Gasteiger partial charge in [-0.2, -0.15) is 5.26 Å². The maximum atomic E-state index is 8.89. The van der Waals surface area contributed by atoms with Crippen LogP contribution in [0.15, 0.2) is 24.3 Å². The van der Waals surface area contributed by atoms with E-state index in [2.05, 4.69) is 35.3 Å². The Balaban J connectivity index is 1.44. The lowest BCUT2D eigenvalue weighted by molar-refractivity contribution is -0.917. The highest BCUT2D eigenvalue weighted by atomic mass is 32.1. The monoisotopic (exact) mass is 357 g/mol. The summed E-state index contributed by atoms with van der Waals surface area (Å²) in [7, 11) is 0. The normalized spacial score (nSPS) is 24.6. The van der Waals surface area contributed by atoms with Gasteiger partial charge in [0.25, 0.3) is 0 Å². The number of benzene rings is 1. The van der Waals surface area contributed by atoms with Gasteiger partial charge < -0.3 is 15.1 Å². The van der Waals surface area contributed by atoms with E-state index >= 15 is 0 Å². The first kappa shape index (κ1) is 18.2. The van der Waals surface area contributed by atoms with Crippen LogP contribution in [0.3, 0.4) is 0 Å². The average Bonchev–Trinajstić information content (AvgIpc) is 2.65. The molecule has 1 saturated heterocycles. The summed E-state index contributed by atoms with van der Waals surface area (Å²) < 4.78 is 0. The zero-order valence-corrected chi connectivity index (χ0v) is 15.9. The fraction of sp³-hybridized carbons (Fsp3) is 0.600. The third-order valence-corrected chi connectivity index (χ3v) is 6.09. The molecule has 1 aliphatic carbocycles. The maximum Gasteiger partial charge on any atom is 0.169 e. The summed E-state index contributed by atoms with van der Waals surface area (Å²) in [5.74, 6) is 0.731. The second kappa shape index (κ2) is 8.64. The van der Waals surface area contributed by atoms with Crippen molar-refractivity contribution in [1.82, 2.24) is 10.2 Å². The molecule has 4 nitrogen and oxygen atoms in total. The van der Waals surface area contributed by atoms with Crippen molar-refractivity contribution in [2.24, 2.45) is 5.92 Å². The molecule has 1 aromatic rings. The Morgan fingerprint density at radius 3 is 2.56 bits per heavy atom. The van der Waals surface area contributed by atoms with E-state index in [1.54, 1.807) is 4.90 Å². The maximum absolute atomic E-state index is 8.89. The van der Waals surface area contributed by atoms with Gasteiger partial charge in [-0.05, 0) is 43.1 Å². The highest BCUT2D eigenvalue weighted by Crippen LogP contribution is 2.23. The van der Waals surface area contributed by atoms with Crippen molar-refractivity contribution in [3.8, 4) is 6.07 Å². The van der Waals surface area contributed by atoms with Gasteiger partial charge in [0, 0.05) is 11.6 Å². The molecule has 3 rings (SSSR count). The molecule has 25 heavy (non-hydrogen) atoms. The third-order valence-electron chi connectivity index (χ3n) is 5.72. The van der Waals surface area contributed by atoms with Crippen LogP contribution >= 0.6 is 12.2 Å². The van der Waals surface area contributed by atoms with Gasteiger partial charge in [0.15, 0.2) is 5.11 Å². The van der Waals surface area contributed by atoms with Crippen LogP contribution in [0, 0.1) is 17.2 Å².